The van der Waals surface area contributed by atoms with Gasteiger partial charge in [-0.2, -0.15) is 4.37 Å². The highest BCUT2D eigenvalue weighted by molar-refractivity contribution is 7.11. The van der Waals surface area contributed by atoms with Crippen molar-refractivity contribution in [2.75, 3.05) is 13.1 Å². The monoisotopic (exact) mass is 479 g/mol. The van der Waals surface area contributed by atoms with Crippen molar-refractivity contribution in [2.45, 2.75) is 24.9 Å². The molecule has 3 aliphatic rings. The van der Waals surface area contributed by atoms with Crippen molar-refractivity contribution in [3.63, 3.8) is 0 Å². The molecule has 1 fully saturated rings. The average Bonchev–Trinajstić information content (AvgIpc) is 3.30. The topological polar surface area (TPSA) is 53.5 Å². The van der Waals surface area contributed by atoms with Crippen molar-refractivity contribution >= 4 is 58.1 Å². The van der Waals surface area contributed by atoms with Crippen LogP contribution in [0.4, 0.5) is 0 Å². The maximum absolute atomic E-state index is 13.6. The van der Waals surface area contributed by atoms with Gasteiger partial charge in [0.15, 0.2) is 5.69 Å². The lowest BCUT2D eigenvalue weighted by molar-refractivity contribution is 0.0245. The molecule has 0 bridgehead atoms. The predicted molar refractivity (Wildman–Crippen MR) is 118 cm³/mol. The number of carbonyl (C=O) groups excluding carboxylic acids is 2. The van der Waals surface area contributed by atoms with Gasteiger partial charge in [0.05, 0.1) is 0 Å². The van der Waals surface area contributed by atoms with Gasteiger partial charge in [-0.3, -0.25) is 9.59 Å². The lowest BCUT2D eigenvalue weighted by Crippen LogP contribution is -2.62. The van der Waals surface area contributed by atoms with Crippen molar-refractivity contribution in [1.29, 1.82) is 0 Å². The van der Waals surface area contributed by atoms with Gasteiger partial charge in [-0.05, 0) is 47.7 Å². The fraction of sp³-hybridized carbons (Fsp3) is 0.286. The van der Waals surface area contributed by atoms with Crippen molar-refractivity contribution in [2.24, 2.45) is 0 Å². The minimum Gasteiger partial charge on any atom is -0.309 e. The van der Waals surface area contributed by atoms with Gasteiger partial charge in [-0.25, -0.2) is 0 Å². The maximum atomic E-state index is 13.6. The molecule has 0 radical (unpaired) electrons. The van der Waals surface area contributed by atoms with Crippen molar-refractivity contribution in [3.05, 3.63) is 73.2 Å². The molecule has 154 valence electrons. The van der Waals surface area contributed by atoms with E-state index in [1.807, 2.05) is 41.3 Å². The molecule has 2 aliphatic heterocycles. The number of fused-ring (bicyclic) bond motifs is 2. The quantitative estimate of drug-likeness (QED) is 0.598. The second-order valence-corrected chi connectivity index (χ2v) is 9.73. The van der Waals surface area contributed by atoms with Crippen LogP contribution in [0.2, 0.25) is 9.36 Å². The molecule has 3 heterocycles. The molecule has 1 aromatic heterocycles. The van der Waals surface area contributed by atoms with Crippen molar-refractivity contribution < 1.29 is 9.59 Å². The van der Waals surface area contributed by atoms with E-state index in [2.05, 4.69) is 4.37 Å². The molecule has 0 spiro atoms. The molecule has 1 aliphatic carbocycles. The number of benzene rings is 1. The van der Waals surface area contributed by atoms with Gasteiger partial charge in [-0.1, -0.05) is 59.1 Å². The summed E-state index contributed by atoms with van der Waals surface area (Å²) in [5, 5.41) is 0.915. The third-order valence-electron chi connectivity index (χ3n) is 6.03. The van der Waals surface area contributed by atoms with Crippen LogP contribution in [-0.2, 0) is 6.42 Å². The van der Waals surface area contributed by atoms with Gasteiger partial charge in [0.1, 0.15) is 15.0 Å². The van der Waals surface area contributed by atoms with Crippen LogP contribution in [0.15, 0.2) is 47.0 Å². The molecule has 1 atom stereocenters. The Hall–Kier alpha value is -1.86. The van der Waals surface area contributed by atoms with Crippen LogP contribution in [0, 0.1) is 0 Å². The molecule has 30 heavy (non-hydrogen) atoms. The van der Waals surface area contributed by atoms with Crippen molar-refractivity contribution in [1.82, 2.24) is 14.2 Å². The van der Waals surface area contributed by atoms with E-state index in [0.29, 0.717) is 37.9 Å². The summed E-state index contributed by atoms with van der Waals surface area (Å²) in [4.78, 5) is 30.6. The van der Waals surface area contributed by atoms with Gasteiger partial charge < -0.3 is 9.80 Å². The first-order valence-corrected chi connectivity index (χ1v) is 11.4. The zero-order valence-electron chi connectivity index (χ0n) is 15.7. The molecule has 2 amide bonds. The molecule has 2 aromatic rings. The first-order valence-electron chi connectivity index (χ1n) is 9.51. The van der Waals surface area contributed by atoms with Gasteiger partial charge in [-0.15, -0.1) is 0 Å². The van der Waals surface area contributed by atoms with E-state index in [9.17, 15) is 9.59 Å². The smallest absolute Gasteiger partial charge is 0.277 e. The zero-order chi connectivity index (χ0) is 21.0. The fourth-order valence-corrected chi connectivity index (χ4v) is 5.81. The van der Waals surface area contributed by atoms with E-state index < -0.39 is 5.66 Å². The maximum Gasteiger partial charge on any atom is 0.277 e. The van der Waals surface area contributed by atoms with E-state index >= 15 is 0 Å². The molecule has 0 N–H and O–H groups in total. The third-order valence-corrected chi connectivity index (χ3v) is 7.95. The van der Waals surface area contributed by atoms with Crippen LogP contribution >= 0.6 is 46.3 Å². The minimum atomic E-state index is -0.907. The molecule has 5 nitrogen and oxygen atoms in total. The molecular formula is C21H16Cl3N3O2S. The number of allylic oxidation sites excluding steroid dienone is 3. The summed E-state index contributed by atoms with van der Waals surface area (Å²) >= 11 is 19.5. The molecule has 1 saturated heterocycles. The molecule has 9 heteroatoms. The molecule has 1 aromatic carbocycles. The number of halogens is 3. The molecular weight excluding hydrogens is 465 g/mol. The Kier molecular flexibility index (Phi) is 4.93. The number of amides is 2. The summed E-state index contributed by atoms with van der Waals surface area (Å²) in [6.45, 7) is 0.821. The van der Waals surface area contributed by atoms with E-state index in [-0.39, 0.29) is 26.9 Å². The van der Waals surface area contributed by atoms with Crippen LogP contribution in [0.25, 0.3) is 0 Å². The zero-order valence-corrected chi connectivity index (χ0v) is 18.8. The van der Waals surface area contributed by atoms with Gasteiger partial charge in [0.25, 0.3) is 11.8 Å². The Labute approximate surface area is 192 Å². The minimum absolute atomic E-state index is 0.0730. The normalized spacial score (nSPS) is 23.1. The van der Waals surface area contributed by atoms with E-state index in [1.165, 1.54) is 0 Å². The van der Waals surface area contributed by atoms with Crippen LogP contribution in [0.3, 0.4) is 0 Å². The standard InChI is InChI=1S/C21H16Cl3N3O2S/c22-14-7-5-13(6-8-14)21-11-12-3-1-2-4-15(12)19(28)26(21)9-10-27(21)20(29)17-16(23)18(24)30-25-17/h1-5,7H,6,8-11H2. The van der Waals surface area contributed by atoms with Crippen LogP contribution in [-0.4, -0.2) is 44.7 Å². The number of nitrogens with zero attached hydrogens (tertiary/aromatic N) is 3. The number of hydrogen-bond donors (Lipinski definition) is 0. The van der Waals surface area contributed by atoms with Gasteiger partial charge in [0.2, 0.25) is 0 Å². The predicted octanol–water partition coefficient (Wildman–Crippen LogP) is 5.14. The van der Waals surface area contributed by atoms with Gasteiger partial charge >= 0.3 is 0 Å². The summed E-state index contributed by atoms with van der Waals surface area (Å²) < 4.78 is 4.46. The second kappa shape index (κ2) is 7.38. The Bertz CT molecular complexity index is 1140. The summed E-state index contributed by atoms with van der Waals surface area (Å²) in [5.41, 5.74) is 1.81. The first-order chi connectivity index (χ1) is 14.4. The highest BCUT2D eigenvalue weighted by Crippen LogP contribution is 2.46. The number of carbonyl (C=O) groups is 2. The Morgan fingerprint density at radius 2 is 1.90 bits per heavy atom. The largest absolute Gasteiger partial charge is 0.309 e. The van der Waals surface area contributed by atoms with Crippen LogP contribution in [0.1, 0.15) is 39.3 Å². The number of aromatic nitrogens is 1. The summed E-state index contributed by atoms with van der Waals surface area (Å²) in [6.07, 6.45) is 5.64. The highest BCUT2D eigenvalue weighted by atomic mass is 35.5. The van der Waals surface area contributed by atoms with E-state index in [0.717, 1.165) is 27.7 Å². The summed E-state index contributed by atoms with van der Waals surface area (Å²) in [7, 11) is 0. The summed E-state index contributed by atoms with van der Waals surface area (Å²) in [6, 6.07) is 7.57. The fourth-order valence-electron chi connectivity index (χ4n) is 4.66. The molecule has 5 rings (SSSR count). The first kappa shape index (κ1) is 20.1. The van der Waals surface area contributed by atoms with Crippen LogP contribution < -0.4 is 0 Å². The molecule has 0 saturated carbocycles. The molecule has 1 unspecified atom stereocenters. The Balaban J connectivity index is 1.68. The third kappa shape index (κ3) is 2.85. The highest BCUT2D eigenvalue weighted by Gasteiger charge is 2.57. The Morgan fingerprint density at radius 3 is 2.60 bits per heavy atom. The van der Waals surface area contributed by atoms with Gasteiger partial charge in [0, 0.05) is 30.1 Å². The van der Waals surface area contributed by atoms with Crippen molar-refractivity contribution in [3.8, 4) is 0 Å². The SMILES string of the molecule is O=C1c2ccccc2CC2(C3=CC=C(Cl)CC3)N1CCN2C(=O)c1nsc(Cl)c1Cl. The lowest BCUT2D eigenvalue weighted by Gasteiger charge is -2.48. The van der Waals surface area contributed by atoms with E-state index in [1.54, 1.807) is 4.90 Å². The average molecular weight is 481 g/mol. The number of rotatable bonds is 2. The lowest BCUT2D eigenvalue weighted by atomic mass is 9.80. The Morgan fingerprint density at radius 1 is 1.10 bits per heavy atom. The van der Waals surface area contributed by atoms with Crippen LogP contribution in [0.5, 0.6) is 0 Å². The second-order valence-electron chi connectivity index (χ2n) is 7.49. The summed E-state index contributed by atoms with van der Waals surface area (Å²) in [5.74, 6) is -0.393. The van der Waals surface area contributed by atoms with E-state index in [4.69, 9.17) is 34.8 Å². The number of hydrogen-bond acceptors (Lipinski definition) is 4.